The first-order valence-corrected chi connectivity index (χ1v) is 9.40. The molecule has 1 fully saturated rings. The molecule has 8 heteroatoms. The third kappa shape index (κ3) is 4.11. The quantitative estimate of drug-likeness (QED) is 0.443. The standard InChI is InChI=1S/C21H22ClN3O4/c1-24(2)9-10-25-18(14-5-4-8-23-12-14)17(20(27)21(25)28)19(26)13-6-7-15(22)16(11-13)29-3/h4-8,11-12,18,26H,9-10H2,1-3H3/b19-17-. The summed E-state index contributed by atoms with van der Waals surface area (Å²) in [6, 6.07) is 7.45. The van der Waals surface area contributed by atoms with Gasteiger partial charge in [-0.3, -0.25) is 14.6 Å². The Morgan fingerprint density at radius 1 is 1.31 bits per heavy atom. The van der Waals surface area contributed by atoms with Gasteiger partial charge >= 0.3 is 0 Å². The maximum Gasteiger partial charge on any atom is 0.295 e. The number of hydrogen-bond acceptors (Lipinski definition) is 6. The predicted octanol–water partition coefficient (Wildman–Crippen LogP) is 2.73. The predicted molar refractivity (Wildman–Crippen MR) is 110 cm³/mol. The summed E-state index contributed by atoms with van der Waals surface area (Å²) >= 11 is 6.07. The summed E-state index contributed by atoms with van der Waals surface area (Å²) in [6.45, 7) is 0.899. The van der Waals surface area contributed by atoms with E-state index in [9.17, 15) is 14.7 Å². The molecule has 29 heavy (non-hydrogen) atoms. The molecule has 1 saturated heterocycles. The van der Waals surface area contributed by atoms with Crippen LogP contribution in [0.25, 0.3) is 5.76 Å². The molecule has 1 aromatic carbocycles. The summed E-state index contributed by atoms with van der Waals surface area (Å²) in [5.41, 5.74) is 1.00. The number of likely N-dealkylation sites (N-methyl/N-ethyl adjacent to an activating group) is 1. The van der Waals surface area contributed by atoms with Crippen molar-refractivity contribution in [1.29, 1.82) is 0 Å². The van der Waals surface area contributed by atoms with E-state index < -0.39 is 17.7 Å². The van der Waals surface area contributed by atoms with Crippen LogP contribution in [0.1, 0.15) is 17.2 Å². The van der Waals surface area contributed by atoms with E-state index in [0.717, 1.165) is 0 Å². The van der Waals surface area contributed by atoms with Gasteiger partial charge in [-0.15, -0.1) is 0 Å². The van der Waals surface area contributed by atoms with Crippen molar-refractivity contribution in [2.75, 3.05) is 34.3 Å². The minimum Gasteiger partial charge on any atom is -0.507 e. The highest BCUT2D eigenvalue weighted by Crippen LogP contribution is 2.39. The molecule has 0 radical (unpaired) electrons. The minimum atomic E-state index is -0.732. The van der Waals surface area contributed by atoms with Crippen LogP contribution in [0.5, 0.6) is 5.75 Å². The van der Waals surface area contributed by atoms with E-state index in [0.29, 0.717) is 35.0 Å². The molecule has 1 aliphatic heterocycles. The number of amides is 1. The van der Waals surface area contributed by atoms with Gasteiger partial charge in [0.2, 0.25) is 0 Å². The number of rotatable bonds is 6. The lowest BCUT2D eigenvalue weighted by molar-refractivity contribution is -0.140. The van der Waals surface area contributed by atoms with Gasteiger partial charge in [-0.25, -0.2) is 0 Å². The number of ketones is 1. The molecule has 0 saturated carbocycles. The van der Waals surface area contributed by atoms with E-state index in [2.05, 4.69) is 4.98 Å². The number of carbonyl (C=O) groups is 2. The molecule has 1 aromatic heterocycles. The fourth-order valence-electron chi connectivity index (χ4n) is 3.27. The lowest BCUT2D eigenvalue weighted by Gasteiger charge is -2.26. The maximum atomic E-state index is 12.9. The minimum absolute atomic E-state index is 0.0196. The van der Waals surface area contributed by atoms with E-state index in [1.807, 2.05) is 19.0 Å². The van der Waals surface area contributed by atoms with Crippen molar-refractivity contribution < 1.29 is 19.4 Å². The molecular weight excluding hydrogens is 394 g/mol. The van der Waals surface area contributed by atoms with Crippen LogP contribution in [-0.2, 0) is 9.59 Å². The average Bonchev–Trinajstić information content (AvgIpc) is 2.97. The third-order valence-corrected chi connectivity index (χ3v) is 5.07. The van der Waals surface area contributed by atoms with Gasteiger partial charge in [-0.2, -0.15) is 0 Å². The fraction of sp³-hybridized carbons (Fsp3) is 0.286. The molecular formula is C21H22ClN3O4. The number of aliphatic hydroxyl groups excluding tert-OH is 1. The van der Waals surface area contributed by atoms with Crippen LogP contribution in [0.4, 0.5) is 0 Å². The number of halogens is 1. The van der Waals surface area contributed by atoms with Crippen LogP contribution >= 0.6 is 11.6 Å². The number of nitrogens with zero attached hydrogens (tertiary/aromatic N) is 3. The molecule has 2 heterocycles. The summed E-state index contributed by atoms with van der Waals surface area (Å²) < 4.78 is 5.20. The lowest BCUT2D eigenvalue weighted by Crippen LogP contribution is -2.35. The largest absolute Gasteiger partial charge is 0.507 e. The number of aliphatic hydroxyl groups is 1. The van der Waals surface area contributed by atoms with Crippen molar-refractivity contribution in [2.24, 2.45) is 0 Å². The zero-order valence-corrected chi connectivity index (χ0v) is 17.2. The zero-order chi connectivity index (χ0) is 21.1. The molecule has 7 nitrogen and oxygen atoms in total. The number of ether oxygens (including phenoxy) is 1. The monoisotopic (exact) mass is 415 g/mol. The van der Waals surface area contributed by atoms with Crippen molar-refractivity contribution in [3.05, 3.63) is 64.4 Å². The number of pyridine rings is 1. The van der Waals surface area contributed by atoms with Crippen LogP contribution in [0.2, 0.25) is 5.02 Å². The van der Waals surface area contributed by atoms with Crippen molar-refractivity contribution in [3.8, 4) is 5.75 Å². The van der Waals surface area contributed by atoms with Crippen LogP contribution in [0.15, 0.2) is 48.3 Å². The SMILES string of the molecule is COc1cc(/C(O)=C2/C(=O)C(=O)N(CCN(C)C)C2c2cccnc2)ccc1Cl. The molecule has 152 valence electrons. The van der Waals surface area contributed by atoms with Gasteiger partial charge in [0.25, 0.3) is 11.7 Å². The summed E-state index contributed by atoms with van der Waals surface area (Å²) in [5, 5.41) is 11.4. The summed E-state index contributed by atoms with van der Waals surface area (Å²) in [6.07, 6.45) is 3.20. The molecule has 2 aromatic rings. The number of benzene rings is 1. The zero-order valence-electron chi connectivity index (χ0n) is 16.4. The van der Waals surface area contributed by atoms with Crippen molar-refractivity contribution >= 4 is 29.1 Å². The van der Waals surface area contributed by atoms with E-state index in [1.54, 1.807) is 36.7 Å². The Balaban J connectivity index is 2.14. The molecule has 1 atom stereocenters. The molecule has 0 spiro atoms. The van der Waals surface area contributed by atoms with E-state index in [4.69, 9.17) is 16.3 Å². The van der Waals surface area contributed by atoms with Crippen molar-refractivity contribution in [3.63, 3.8) is 0 Å². The Morgan fingerprint density at radius 2 is 2.07 bits per heavy atom. The first-order valence-electron chi connectivity index (χ1n) is 9.02. The highest BCUT2D eigenvalue weighted by Gasteiger charge is 2.46. The van der Waals surface area contributed by atoms with Crippen LogP contribution in [0.3, 0.4) is 0 Å². The Kier molecular flexibility index (Phi) is 6.20. The molecule has 0 aliphatic carbocycles. The van der Waals surface area contributed by atoms with Crippen molar-refractivity contribution in [1.82, 2.24) is 14.8 Å². The fourth-order valence-corrected chi connectivity index (χ4v) is 3.46. The van der Waals surface area contributed by atoms with Crippen LogP contribution < -0.4 is 4.74 Å². The highest BCUT2D eigenvalue weighted by molar-refractivity contribution is 6.46. The number of aromatic nitrogens is 1. The van der Waals surface area contributed by atoms with Gasteiger partial charge in [0.1, 0.15) is 11.5 Å². The summed E-state index contributed by atoms with van der Waals surface area (Å²) in [5.74, 6) is -1.30. The van der Waals surface area contributed by atoms with E-state index in [-0.39, 0.29) is 11.3 Å². The van der Waals surface area contributed by atoms with Gasteiger partial charge in [0, 0.05) is 31.0 Å². The molecule has 1 amide bonds. The Morgan fingerprint density at radius 3 is 2.69 bits per heavy atom. The van der Waals surface area contributed by atoms with E-state index >= 15 is 0 Å². The average molecular weight is 416 g/mol. The third-order valence-electron chi connectivity index (χ3n) is 4.75. The van der Waals surface area contributed by atoms with Gasteiger partial charge in [0.05, 0.1) is 23.7 Å². The molecule has 1 unspecified atom stereocenters. The molecule has 3 rings (SSSR count). The number of hydrogen-bond donors (Lipinski definition) is 1. The Labute approximate surface area is 174 Å². The van der Waals surface area contributed by atoms with E-state index in [1.165, 1.54) is 18.1 Å². The lowest BCUT2D eigenvalue weighted by atomic mass is 9.96. The Bertz CT molecular complexity index is 960. The smallest absolute Gasteiger partial charge is 0.295 e. The molecule has 0 bridgehead atoms. The summed E-state index contributed by atoms with van der Waals surface area (Å²) in [7, 11) is 5.23. The number of likely N-dealkylation sites (tertiary alicyclic amines) is 1. The second-order valence-corrected chi connectivity index (χ2v) is 7.34. The van der Waals surface area contributed by atoms with Gasteiger partial charge in [-0.1, -0.05) is 17.7 Å². The number of Topliss-reactive ketones (excluding diaryl/α,β-unsaturated/α-hetero) is 1. The summed E-state index contributed by atoms with van der Waals surface area (Å²) in [4.78, 5) is 33.2. The second-order valence-electron chi connectivity index (χ2n) is 6.93. The number of carbonyl (C=O) groups excluding carboxylic acids is 2. The van der Waals surface area contributed by atoms with Gasteiger partial charge < -0.3 is 19.6 Å². The molecule has 1 N–H and O–H groups in total. The van der Waals surface area contributed by atoms with Gasteiger partial charge in [0.15, 0.2) is 0 Å². The first kappa shape index (κ1) is 20.8. The highest BCUT2D eigenvalue weighted by atomic mass is 35.5. The molecule has 1 aliphatic rings. The number of methoxy groups -OCH3 is 1. The van der Waals surface area contributed by atoms with Crippen LogP contribution in [0, 0.1) is 0 Å². The van der Waals surface area contributed by atoms with Crippen LogP contribution in [-0.4, -0.2) is 65.9 Å². The maximum absolute atomic E-state index is 12.9. The van der Waals surface area contributed by atoms with Gasteiger partial charge in [-0.05, 0) is 43.9 Å². The Hall–Kier alpha value is -2.90. The second kappa shape index (κ2) is 8.63. The first-order chi connectivity index (χ1) is 13.8. The normalized spacial score (nSPS) is 18.5. The topological polar surface area (TPSA) is 83.0 Å². The van der Waals surface area contributed by atoms with Crippen molar-refractivity contribution in [2.45, 2.75) is 6.04 Å².